The van der Waals surface area contributed by atoms with Crippen LogP contribution in [0.15, 0.2) is 85.1 Å². The largest absolute Gasteiger partial charge is 0.756 e. The number of nitrogens with zero attached hydrogens (tertiary/aromatic N) is 1. The number of amides is 1. The summed E-state index contributed by atoms with van der Waals surface area (Å²) in [5.41, 5.74) is 0. The highest BCUT2D eigenvalue weighted by atomic mass is 31.2. The molecule has 0 spiro atoms. The number of aliphatic hydroxyl groups excluding tert-OH is 1. The molecule has 388 valence electrons. The number of phosphoric acid groups is 1. The minimum absolute atomic E-state index is 0.0127. The maximum atomic E-state index is 12.9. The van der Waals surface area contributed by atoms with Crippen LogP contribution in [-0.2, 0) is 18.4 Å². The molecule has 67 heavy (non-hydrogen) atoms. The number of carbonyl (C=O) groups is 1. The van der Waals surface area contributed by atoms with Crippen molar-refractivity contribution < 1.29 is 32.9 Å². The number of unbranched alkanes of at least 4 members (excludes halogenated alkanes) is 24. The molecule has 1 amide bonds. The zero-order chi connectivity index (χ0) is 49.2. The summed E-state index contributed by atoms with van der Waals surface area (Å²) in [5, 5.41) is 13.8. The van der Waals surface area contributed by atoms with Crippen LogP contribution in [0.2, 0.25) is 0 Å². The zero-order valence-electron chi connectivity index (χ0n) is 44.1. The van der Waals surface area contributed by atoms with Crippen LogP contribution in [0.5, 0.6) is 0 Å². The first-order chi connectivity index (χ1) is 32.5. The molecule has 3 unspecified atom stereocenters. The van der Waals surface area contributed by atoms with Gasteiger partial charge in [-0.15, -0.1) is 0 Å². The number of rotatable bonds is 49. The van der Waals surface area contributed by atoms with Crippen LogP contribution in [0.4, 0.5) is 0 Å². The van der Waals surface area contributed by atoms with Gasteiger partial charge in [-0.3, -0.25) is 9.36 Å². The van der Waals surface area contributed by atoms with Crippen LogP contribution in [0.1, 0.15) is 226 Å². The van der Waals surface area contributed by atoms with Gasteiger partial charge in [-0.25, -0.2) is 0 Å². The van der Waals surface area contributed by atoms with E-state index in [-0.39, 0.29) is 12.5 Å². The van der Waals surface area contributed by atoms with Crippen LogP contribution < -0.4 is 10.2 Å². The molecule has 0 heterocycles. The molecular formula is C58H105N2O6P. The van der Waals surface area contributed by atoms with Crippen molar-refractivity contribution in [1.82, 2.24) is 5.32 Å². The Kier molecular flexibility index (Phi) is 47.0. The molecule has 0 aromatic carbocycles. The molecule has 0 saturated carbocycles. The van der Waals surface area contributed by atoms with E-state index in [0.717, 1.165) is 70.6 Å². The van der Waals surface area contributed by atoms with E-state index >= 15 is 0 Å². The summed E-state index contributed by atoms with van der Waals surface area (Å²) in [6.45, 7) is 4.51. The molecule has 0 aliphatic carbocycles. The SMILES string of the molecule is CC/C=C\C/C=C\C/C=C\C/C=C\CCCCCCCCCCCCCCC(=O)NC(COP(=O)([O-])OCC[N+](C)(C)C)C(O)/C=C/CC/C=C/CC/C=C/CCCCCCCCCCCC. The van der Waals surface area contributed by atoms with Gasteiger partial charge in [-0.1, -0.05) is 221 Å². The average Bonchev–Trinajstić information content (AvgIpc) is 3.29. The molecule has 2 N–H and O–H groups in total. The molecule has 0 bridgehead atoms. The van der Waals surface area contributed by atoms with Crippen LogP contribution >= 0.6 is 7.82 Å². The van der Waals surface area contributed by atoms with E-state index in [1.165, 1.54) is 135 Å². The summed E-state index contributed by atoms with van der Waals surface area (Å²) >= 11 is 0. The van der Waals surface area contributed by atoms with Crippen molar-refractivity contribution in [2.24, 2.45) is 0 Å². The molecule has 0 radical (unpaired) electrons. The highest BCUT2D eigenvalue weighted by Gasteiger charge is 2.23. The van der Waals surface area contributed by atoms with Crippen LogP contribution in [0, 0.1) is 0 Å². The van der Waals surface area contributed by atoms with Crippen molar-refractivity contribution in [3.05, 3.63) is 85.1 Å². The predicted octanol–water partition coefficient (Wildman–Crippen LogP) is 15.8. The molecule has 0 fully saturated rings. The van der Waals surface area contributed by atoms with Crippen molar-refractivity contribution in [3.63, 3.8) is 0 Å². The van der Waals surface area contributed by atoms with Gasteiger partial charge in [0.1, 0.15) is 13.2 Å². The second-order valence-corrected chi connectivity index (χ2v) is 20.9. The Morgan fingerprint density at radius 2 is 0.925 bits per heavy atom. The van der Waals surface area contributed by atoms with E-state index in [1.807, 2.05) is 27.2 Å². The lowest BCUT2D eigenvalue weighted by molar-refractivity contribution is -0.870. The minimum atomic E-state index is -4.61. The number of aliphatic hydroxyl groups is 1. The van der Waals surface area contributed by atoms with E-state index in [4.69, 9.17) is 9.05 Å². The molecule has 0 aromatic rings. The number of hydrogen-bond acceptors (Lipinski definition) is 6. The number of carbonyl (C=O) groups excluding carboxylic acids is 1. The van der Waals surface area contributed by atoms with Crippen LogP contribution in [0.25, 0.3) is 0 Å². The van der Waals surface area contributed by atoms with Crippen molar-refractivity contribution in [2.45, 2.75) is 238 Å². The van der Waals surface area contributed by atoms with Gasteiger partial charge in [0, 0.05) is 6.42 Å². The van der Waals surface area contributed by atoms with Crippen molar-refractivity contribution in [1.29, 1.82) is 0 Å². The average molecular weight is 957 g/mol. The molecule has 8 nitrogen and oxygen atoms in total. The fraction of sp³-hybridized carbons (Fsp3) is 0.741. The fourth-order valence-electron chi connectivity index (χ4n) is 7.53. The summed E-state index contributed by atoms with van der Waals surface area (Å²) in [4.78, 5) is 25.5. The van der Waals surface area contributed by atoms with Crippen LogP contribution in [-0.4, -0.2) is 68.5 Å². The van der Waals surface area contributed by atoms with E-state index in [1.54, 1.807) is 6.08 Å². The smallest absolute Gasteiger partial charge is 0.268 e. The standard InChI is InChI=1S/C58H105N2O6P/c1-6-8-10-12-14-16-18-20-22-24-26-28-29-30-31-32-34-36-38-40-42-44-46-48-50-52-58(62)59-56(55-66-67(63,64)65-54-53-60(3,4)5)57(61)51-49-47-45-43-41-39-37-35-33-27-25-23-21-19-17-15-13-11-9-7-2/h8,10,14,16,20,22,26,28,33,35,41,43,49,51,56-57,61H,6-7,9,11-13,15,17-19,21,23-25,27,29-32,34,36-40,42,44-48,50,52-55H2,1-5H3,(H-,59,62,63,64)/b10-8-,16-14-,22-20-,28-26-,35-33+,43-41+,51-49+. The number of quaternary nitrogens is 1. The molecule has 0 aliphatic heterocycles. The maximum absolute atomic E-state index is 12.9. The Morgan fingerprint density at radius 1 is 0.537 bits per heavy atom. The van der Waals surface area contributed by atoms with Gasteiger partial charge in [-0.2, -0.15) is 0 Å². The topological polar surface area (TPSA) is 108 Å². The summed E-state index contributed by atoms with van der Waals surface area (Å²) < 4.78 is 23.3. The minimum Gasteiger partial charge on any atom is -0.756 e. The first kappa shape index (κ1) is 64.7. The van der Waals surface area contributed by atoms with E-state index in [0.29, 0.717) is 17.4 Å². The van der Waals surface area contributed by atoms with Gasteiger partial charge >= 0.3 is 0 Å². The monoisotopic (exact) mass is 957 g/mol. The molecular weight excluding hydrogens is 852 g/mol. The lowest BCUT2D eigenvalue weighted by Crippen LogP contribution is -2.45. The first-order valence-electron chi connectivity index (χ1n) is 27.4. The normalized spacial score (nSPS) is 14.7. The Hall–Kier alpha value is -2.32. The van der Waals surface area contributed by atoms with Gasteiger partial charge in [0.2, 0.25) is 5.91 Å². The number of likely N-dealkylation sites (N-methyl/N-ethyl adjacent to an activating group) is 1. The van der Waals surface area contributed by atoms with Crippen LogP contribution in [0.3, 0.4) is 0 Å². The van der Waals surface area contributed by atoms with Crippen molar-refractivity contribution in [2.75, 3.05) is 40.9 Å². The van der Waals surface area contributed by atoms with Gasteiger partial charge in [0.05, 0.1) is 39.9 Å². The Balaban J connectivity index is 4.32. The summed E-state index contributed by atoms with van der Waals surface area (Å²) in [5.74, 6) is -0.216. The summed E-state index contributed by atoms with van der Waals surface area (Å²) in [6.07, 6.45) is 67.9. The van der Waals surface area contributed by atoms with E-state index < -0.39 is 26.6 Å². The zero-order valence-corrected chi connectivity index (χ0v) is 45.0. The van der Waals surface area contributed by atoms with Gasteiger partial charge in [-0.05, 0) is 83.5 Å². The number of allylic oxidation sites excluding steroid dienone is 13. The third kappa shape index (κ3) is 51.4. The molecule has 0 aromatic heterocycles. The van der Waals surface area contributed by atoms with Crippen molar-refractivity contribution >= 4 is 13.7 Å². The fourth-order valence-corrected chi connectivity index (χ4v) is 8.25. The van der Waals surface area contributed by atoms with Crippen molar-refractivity contribution in [3.8, 4) is 0 Å². The molecule has 0 aliphatic rings. The number of hydrogen-bond donors (Lipinski definition) is 2. The Labute approximate surface area is 414 Å². The molecule has 0 saturated heterocycles. The lowest BCUT2D eigenvalue weighted by atomic mass is 10.0. The summed E-state index contributed by atoms with van der Waals surface area (Å²) in [7, 11) is 1.23. The van der Waals surface area contributed by atoms with E-state index in [9.17, 15) is 19.4 Å². The number of phosphoric ester groups is 1. The second-order valence-electron chi connectivity index (χ2n) is 19.5. The highest BCUT2D eigenvalue weighted by molar-refractivity contribution is 7.45. The maximum Gasteiger partial charge on any atom is 0.268 e. The van der Waals surface area contributed by atoms with Gasteiger partial charge in [0.25, 0.3) is 7.82 Å². The third-order valence-corrected chi connectivity index (χ3v) is 12.8. The quantitative estimate of drug-likeness (QED) is 0.0272. The Bertz CT molecular complexity index is 1360. The predicted molar refractivity (Wildman–Crippen MR) is 288 cm³/mol. The van der Waals surface area contributed by atoms with E-state index in [2.05, 4.69) is 92.1 Å². The third-order valence-electron chi connectivity index (χ3n) is 11.8. The highest BCUT2D eigenvalue weighted by Crippen LogP contribution is 2.38. The molecule has 0 rings (SSSR count). The van der Waals surface area contributed by atoms with Gasteiger partial charge in [0.15, 0.2) is 0 Å². The first-order valence-corrected chi connectivity index (χ1v) is 28.9. The Morgan fingerprint density at radius 3 is 1.39 bits per heavy atom. The lowest BCUT2D eigenvalue weighted by Gasteiger charge is -2.29. The molecule has 3 atom stereocenters. The summed E-state index contributed by atoms with van der Waals surface area (Å²) in [6, 6.07) is -0.916. The second kappa shape index (κ2) is 48.7. The van der Waals surface area contributed by atoms with Gasteiger partial charge < -0.3 is 28.8 Å². The molecule has 9 heteroatoms. The number of nitrogens with one attached hydrogen (secondary N) is 1.